The lowest BCUT2D eigenvalue weighted by atomic mass is 10.2. The smallest absolute Gasteiger partial charge is 0.328 e. The Hall–Kier alpha value is -3.39. The van der Waals surface area contributed by atoms with E-state index >= 15 is 0 Å². The third-order valence-electron chi connectivity index (χ3n) is 3.64. The number of hydrogen-bond acceptors (Lipinski definition) is 5. The maximum atomic E-state index is 12.3. The average molecular weight is 388 g/mol. The molecule has 0 unspecified atom stereocenters. The number of H-pyrrole nitrogens is 1. The molecule has 0 fully saturated rings. The number of esters is 1. The predicted molar refractivity (Wildman–Crippen MR) is 99.9 cm³/mol. The molecule has 0 saturated heterocycles. The van der Waals surface area contributed by atoms with Crippen LogP contribution in [0.25, 0.3) is 10.8 Å². The Labute approximate surface area is 157 Å². The van der Waals surface area contributed by atoms with E-state index in [0.717, 1.165) is 4.68 Å². The minimum Gasteiger partial charge on any atom is -0.454 e. The van der Waals surface area contributed by atoms with Gasteiger partial charge in [0.05, 0.1) is 10.8 Å². The summed E-state index contributed by atoms with van der Waals surface area (Å²) in [4.78, 5) is 48.0. The Morgan fingerprint density at radius 3 is 2.56 bits per heavy atom. The van der Waals surface area contributed by atoms with Crippen molar-refractivity contribution in [2.75, 3.05) is 11.9 Å². The first-order valence-corrected chi connectivity index (χ1v) is 8.25. The Morgan fingerprint density at radius 2 is 1.81 bits per heavy atom. The molecule has 0 spiro atoms. The predicted octanol–water partition coefficient (Wildman–Crippen LogP) is 1.53. The van der Waals surface area contributed by atoms with E-state index in [2.05, 4.69) is 10.4 Å². The van der Waals surface area contributed by atoms with E-state index in [-0.39, 0.29) is 10.8 Å². The molecule has 0 atom stereocenters. The number of anilines is 1. The zero-order chi connectivity index (χ0) is 19.4. The van der Waals surface area contributed by atoms with Gasteiger partial charge in [0.2, 0.25) is 0 Å². The van der Waals surface area contributed by atoms with Crippen molar-refractivity contribution in [3.05, 3.63) is 74.3 Å². The van der Waals surface area contributed by atoms with Crippen LogP contribution in [0.2, 0.25) is 5.02 Å². The molecule has 3 rings (SSSR count). The lowest BCUT2D eigenvalue weighted by molar-refractivity contribution is -0.148. The standard InChI is InChI=1S/C18H14ClN3O5/c19-11-4-3-5-12(8-11)20-15(23)10-27-16(24)9-22-18(26)14-7-2-1-6-13(14)17(25)21-22/h1-8H,9-10H2,(H,20,23)(H,21,25). The third-order valence-corrected chi connectivity index (χ3v) is 3.88. The van der Waals surface area contributed by atoms with E-state index in [1.165, 1.54) is 12.1 Å². The lowest BCUT2D eigenvalue weighted by Gasteiger charge is -2.08. The summed E-state index contributed by atoms with van der Waals surface area (Å²) in [5, 5.41) is 5.70. The van der Waals surface area contributed by atoms with Gasteiger partial charge in [-0.2, -0.15) is 0 Å². The maximum absolute atomic E-state index is 12.3. The van der Waals surface area contributed by atoms with E-state index in [1.54, 1.807) is 36.4 Å². The molecule has 0 radical (unpaired) electrons. The van der Waals surface area contributed by atoms with Gasteiger partial charge in [0, 0.05) is 10.7 Å². The Kier molecular flexibility index (Phi) is 5.37. The summed E-state index contributed by atoms with van der Waals surface area (Å²) in [5.74, 6) is -1.41. The molecule has 2 aromatic carbocycles. The van der Waals surface area contributed by atoms with Gasteiger partial charge in [-0.15, -0.1) is 0 Å². The summed E-state index contributed by atoms with van der Waals surface area (Å²) < 4.78 is 5.70. The zero-order valence-electron chi connectivity index (χ0n) is 13.9. The van der Waals surface area contributed by atoms with Crippen molar-refractivity contribution in [1.82, 2.24) is 9.78 Å². The van der Waals surface area contributed by atoms with E-state index in [1.807, 2.05) is 0 Å². The Bertz CT molecular complexity index is 1140. The molecular formula is C18H14ClN3O5. The van der Waals surface area contributed by atoms with Crippen molar-refractivity contribution in [2.24, 2.45) is 0 Å². The summed E-state index contributed by atoms with van der Waals surface area (Å²) in [7, 11) is 0. The highest BCUT2D eigenvalue weighted by atomic mass is 35.5. The zero-order valence-corrected chi connectivity index (χ0v) is 14.7. The highest BCUT2D eigenvalue weighted by molar-refractivity contribution is 6.30. The highest BCUT2D eigenvalue weighted by Crippen LogP contribution is 2.14. The van der Waals surface area contributed by atoms with Gasteiger partial charge in [-0.25, -0.2) is 4.68 Å². The first kappa shape index (κ1) is 18.4. The SMILES string of the molecule is O=C(COC(=O)Cn1[nH]c(=O)c2ccccc2c1=O)Nc1cccc(Cl)c1. The second kappa shape index (κ2) is 7.88. The van der Waals surface area contributed by atoms with Gasteiger partial charge in [0.25, 0.3) is 17.0 Å². The molecule has 8 nitrogen and oxygen atoms in total. The molecule has 0 aliphatic carbocycles. The second-order valence-corrected chi connectivity index (χ2v) is 6.03. The number of carbonyl (C=O) groups excluding carboxylic acids is 2. The molecule has 1 heterocycles. The topological polar surface area (TPSA) is 110 Å². The van der Waals surface area contributed by atoms with Gasteiger partial charge in [0.15, 0.2) is 6.61 Å². The van der Waals surface area contributed by atoms with E-state index < -0.39 is 36.1 Å². The number of amides is 1. The molecule has 0 aliphatic heterocycles. The van der Waals surface area contributed by atoms with Crippen molar-refractivity contribution in [1.29, 1.82) is 0 Å². The van der Waals surface area contributed by atoms with Crippen LogP contribution in [0.4, 0.5) is 5.69 Å². The number of benzene rings is 2. The number of carbonyl (C=O) groups is 2. The fourth-order valence-corrected chi connectivity index (χ4v) is 2.63. The molecule has 27 heavy (non-hydrogen) atoms. The van der Waals surface area contributed by atoms with E-state index in [4.69, 9.17) is 16.3 Å². The minimum atomic E-state index is -0.843. The molecule has 0 aliphatic rings. The van der Waals surface area contributed by atoms with Crippen LogP contribution >= 0.6 is 11.6 Å². The van der Waals surface area contributed by atoms with Crippen LogP contribution in [0.1, 0.15) is 0 Å². The summed E-state index contributed by atoms with van der Waals surface area (Å²) in [6.45, 7) is -1.07. The average Bonchev–Trinajstić information content (AvgIpc) is 2.64. The van der Waals surface area contributed by atoms with Crippen molar-refractivity contribution >= 4 is 39.9 Å². The molecule has 0 bridgehead atoms. The number of nitrogens with one attached hydrogen (secondary N) is 2. The molecule has 1 amide bonds. The van der Waals surface area contributed by atoms with E-state index in [9.17, 15) is 19.2 Å². The summed E-state index contributed by atoms with van der Waals surface area (Å²) >= 11 is 5.82. The quantitative estimate of drug-likeness (QED) is 0.645. The number of rotatable bonds is 5. The van der Waals surface area contributed by atoms with Gasteiger partial charge in [-0.3, -0.25) is 24.3 Å². The van der Waals surface area contributed by atoms with Crippen LogP contribution < -0.4 is 16.4 Å². The fourth-order valence-electron chi connectivity index (χ4n) is 2.44. The largest absolute Gasteiger partial charge is 0.454 e. The fraction of sp³-hybridized carbons (Fsp3) is 0.111. The monoisotopic (exact) mass is 387 g/mol. The maximum Gasteiger partial charge on any atom is 0.328 e. The normalized spacial score (nSPS) is 10.6. The highest BCUT2D eigenvalue weighted by Gasteiger charge is 2.12. The number of ether oxygens (including phenoxy) is 1. The van der Waals surface area contributed by atoms with Crippen molar-refractivity contribution in [3.8, 4) is 0 Å². The number of aromatic amines is 1. The molecule has 0 saturated carbocycles. The van der Waals surface area contributed by atoms with Crippen molar-refractivity contribution in [2.45, 2.75) is 6.54 Å². The van der Waals surface area contributed by atoms with Crippen molar-refractivity contribution < 1.29 is 14.3 Å². The summed E-state index contributed by atoms with van der Waals surface area (Å²) in [6.07, 6.45) is 0. The van der Waals surface area contributed by atoms with Gasteiger partial charge in [-0.1, -0.05) is 29.8 Å². The summed E-state index contributed by atoms with van der Waals surface area (Å²) in [6, 6.07) is 12.7. The van der Waals surface area contributed by atoms with Gasteiger partial charge < -0.3 is 10.1 Å². The number of halogens is 1. The second-order valence-electron chi connectivity index (χ2n) is 5.60. The molecule has 9 heteroatoms. The van der Waals surface area contributed by atoms with Crippen molar-refractivity contribution in [3.63, 3.8) is 0 Å². The number of fused-ring (bicyclic) bond motifs is 1. The number of aromatic nitrogens is 2. The van der Waals surface area contributed by atoms with Crippen LogP contribution in [-0.4, -0.2) is 28.3 Å². The Morgan fingerprint density at radius 1 is 1.07 bits per heavy atom. The third kappa shape index (κ3) is 4.42. The van der Waals surface area contributed by atoms with Crippen LogP contribution in [0.3, 0.4) is 0 Å². The van der Waals surface area contributed by atoms with Crippen LogP contribution in [0.5, 0.6) is 0 Å². The first-order chi connectivity index (χ1) is 12.9. The number of hydrogen-bond donors (Lipinski definition) is 2. The van der Waals surface area contributed by atoms with Gasteiger partial charge in [0.1, 0.15) is 6.54 Å². The molecule has 1 aromatic heterocycles. The van der Waals surface area contributed by atoms with Crippen LogP contribution in [0.15, 0.2) is 58.1 Å². The summed E-state index contributed by atoms with van der Waals surface area (Å²) in [5.41, 5.74) is -0.583. The minimum absolute atomic E-state index is 0.188. The molecular weight excluding hydrogens is 374 g/mol. The van der Waals surface area contributed by atoms with Gasteiger partial charge in [-0.05, 0) is 30.3 Å². The van der Waals surface area contributed by atoms with Crippen LogP contribution in [-0.2, 0) is 20.9 Å². The first-order valence-electron chi connectivity index (χ1n) is 7.87. The van der Waals surface area contributed by atoms with E-state index in [0.29, 0.717) is 10.7 Å². The molecule has 138 valence electrons. The Balaban J connectivity index is 1.64. The van der Waals surface area contributed by atoms with Crippen LogP contribution in [0, 0.1) is 0 Å². The lowest BCUT2D eigenvalue weighted by Crippen LogP contribution is -2.33. The molecule has 2 N–H and O–H groups in total. The molecule has 3 aromatic rings. The number of nitrogens with zero attached hydrogens (tertiary/aromatic N) is 1. The van der Waals surface area contributed by atoms with Gasteiger partial charge >= 0.3 is 5.97 Å².